The van der Waals surface area contributed by atoms with Crippen LogP contribution in [0.2, 0.25) is 0 Å². The van der Waals surface area contributed by atoms with Crippen molar-refractivity contribution in [3.63, 3.8) is 0 Å². The molecule has 2 amide bonds. The fourth-order valence-corrected chi connectivity index (χ4v) is 2.41. The van der Waals surface area contributed by atoms with E-state index in [4.69, 9.17) is 0 Å². The van der Waals surface area contributed by atoms with E-state index >= 15 is 0 Å². The lowest BCUT2D eigenvalue weighted by atomic mass is 9.92. The summed E-state index contributed by atoms with van der Waals surface area (Å²) in [6.45, 7) is 1.74. The standard InChI is InChI=1S/C14H11NO3/c1-7-6-10-11-8(12(7)16)4-3-5-9(11)13(17)15(2)14(10)18/h3-6,16H,1-2H3. The average molecular weight is 241 g/mol. The fourth-order valence-electron chi connectivity index (χ4n) is 2.41. The lowest BCUT2D eigenvalue weighted by molar-refractivity contribution is 0.0650. The first kappa shape index (κ1) is 10.8. The monoisotopic (exact) mass is 241 g/mol. The molecule has 4 nitrogen and oxygen atoms in total. The van der Waals surface area contributed by atoms with E-state index in [9.17, 15) is 14.7 Å². The van der Waals surface area contributed by atoms with Gasteiger partial charge in [0, 0.05) is 28.9 Å². The molecule has 1 N–H and O–H groups in total. The van der Waals surface area contributed by atoms with Crippen molar-refractivity contribution in [2.45, 2.75) is 6.92 Å². The summed E-state index contributed by atoms with van der Waals surface area (Å²) in [6.07, 6.45) is 0. The van der Waals surface area contributed by atoms with Crippen LogP contribution in [0.1, 0.15) is 26.3 Å². The Kier molecular flexibility index (Phi) is 1.99. The molecule has 3 rings (SSSR count). The zero-order valence-electron chi connectivity index (χ0n) is 10.0. The van der Waals surface area contributed by atoms with Gasteiger partial charge in [-0.25, -0.2) is 0 Å². The molecular weight excluding hydrogens is 230 g/mol. The molecule has 18 heavy (non-hydrogen) atoms. The van der Waals surface area contributed by atoms with Gasteiger partial charge in [0.25, 0.3) is 11.8 Å². The van der Waals surface area contributed by atoms with Crippen molar-refractivity contribution in [3.8, 4) is 5.75 Å². The van der Waals surface area contributed by atoms with E-state index in [1.807, 2.05) is 0 Å². The minimum absolute atomic E-state index is 0.126. The van der Waals surface area contributed by atoms with E-state index in [0.717, 1.165) is 4.90 Å². The number of imide groups is 1. The molecule has 0 aliphatic carbocycles. The third kappa shape index (κ3) is 1.14. The number of aromatic hydroxyl groups is 1. The van der Waals surface area contributed by atoms with Gasteiger partial charge < -0.3 is 5.11 Å². The van der Waals surface area contributed by atoms with Crippen LogP contribution in [0.15, 0.2) is 24.3 Å². The molecule has 90 valence electrons. The van der Waals surface area contributed by atoms with Crippen LogP contribution in [0, 0.1) is 6.92 Å². The average Bonchev–Trinajstić information content (AvgIpc) is 2.38. The minimum atomic E-state index is -0.332. The Morgan fingerprint density at radius 3 is 2.50 bits per heavy atom. The summed E-state index contributed by atoms with van der Waals surface area (Å²) in [5.74, 6) is -0.533. The first-order valence-electron chi connectivity index (χ1n) is 5.60. The molecule has 0 spiro atoms. The van der Waals surface area contributed by atoms with Gasteiger partial charge in [-0.1, -0.05) is 12.1 Å². The molecule has 0 saturated carbocycles. The zero-order chi connectivity index (χ0) is 13.0. The Balaban J connectivity index is 2.57. The molecule has 4 heteroatoms. The van der Waals surface area contributed by atoms with Crippen LogP contribution in [-0.2, 0) is 0 Å². The van der Waals surface area contributed by atoms with Crippen LogP contribution in [0.4, 0.5) is 0 Å². The number of carbonyl (C=O) groups excluding carboxylic acids is 2. The number of phenolic OH excluding ortho intramolecular Hbond substituents is 1. The van der Waals surface area contributed by atoms with E-state index < -0.39 is 0 Å². The van der Waals surface area contributed by atoms with Gasteiger partial charge in [-0.2, -0.15) is 0 Å². The molecule has 0 saturated heterocycles. The second kappa shape index (κ2) is 3.32. The van der Waals surface area contributed by atoms with Gasteiger partial charge in [-0.3, -0.25) is 14.5 Å². The van der Waals surface area contributed by atoms with Gasteiger partial charge in [-0.15, -0.1) is 0 Å². The van der Waals surface area contributed by atoms with Gasteiger partial charge in [-0.05, 0) is 24.6 Å². The molecule has 1 aliphatic heterocycles. The van der Waals surface area contributed by atoms with Gasteiger partial charge in [0.05, 0.1) is 0 Å². The number of phenols is 1. The highest BCUT2D eigenvalue weighted by Crippen LogP contribution is 2.36. The Bertz CT molecular complexity index is 719. The lowest BCUT2D eigenvalue weighted by Crippen LogP contribution is -2.36. The SMILES string of the molecule is Cc1cc2c3c(cccc3c1O)C(=O)N(C)C2=O. The quantitative estimate of drug-likeness (QED) is 0.718. The predicted molar refractivity (Wildman–Crippen MR) is 66.8 cm³/mol. The molecule has 0 unspecified atom stereocenters. The van der Waals surface area contributed by atoms with E-state index in [1.165, 1.54) is 7.05 Å². The molecule has 1 heterocycles. The molecule has 1 aliphatic rings. The number of carbonyl (C=O) groups is 2. The predicted octanol–water partition coefficient (Wildman–Crippen LogP) is 2.08. The summed E-state index contributed by atoms with van der Waals surface area (Å²) in [6, 6.07) is 6.73. The second-order valence-corrected chi connectivity index (χ2v) is 4.49. The fraction of sp³-hybridized carbons (Fsp3) is 0.143. The minimum Gasteiger partial charge on any atom is -0.507 e. The molecular formula is C14H11NO3. The van der Waals surface area contributed by atoms with Crippen LogP contribution in [0.25, 0.3) is 10.8 Å². The number of benzene rings is 2. The highest BCUT2D eigenvalue weighted by molar-refractivity contribution is 6.26. The smallest absolute Gasteiger partial charge is 0.261 e. The van der Waals surface area contributed by atoms with Gasteiger partial charge in [0.1, 0.15) is 5.75 Å². The number of hydrogen-bond acceptors (Lipinski definition) is 3. The molecule has 2 aromatic rings. The normalized spacial score (nSPS) is 14.4. The maximum Gasteiger partial charge on any atom is 0.261 e. The van der Waals surface area contributed by atoms with E-state index in [2.05, 4.69) is 0 Å². The topological polar surface area (TPSA) is 57.6 Å². The van der Waals surface area contributed by atoms with Crippen molar-refractivity contribution in [3.05, 3.63) is 41.0 Å². The van der Waals surface area contributed by atoms with Crippen LogP contribution in [0.5, 0.6) is 5.75 Å². The number of nitrogens with zero attached hydrogens (tertiary/aromatic N) is 1. The maximum absolute atomic E-state index is 12.1. The molecule has 0 atom stereocenters. The highest BCUT2D eigenvalue weighted by Gasteiger charge is 2.31. The van der Waals surface area contributed by atoms with Crippen LogP contribution in [-0.4, -0.2) is 28.9 Å². The zero-order valence-corrected chi connectivity index (χ0v) is 10.0. The second-order valence-electron chi connectivity index (χ2n) is 4.49. The van der Waals surface area contributed by atoms with Crippen LogP contribution >= 0.6 is 0 Å². The highest BCUT2D eigenvalue weighted by atomic mass is 16.3. The van der Waals surface area contributed by atoms with E-state index in [0.29, 0.717) is 27.5 Å². The van der Waals surface area contributed by atoms with Crippen molar-refractivity contribution in [1.82, 2.24) is 4.90 Å². The van der Waals surface area contributed by atoms with Gasteiger partial charge in [0.15, 0.2) is 0 Å². The van der Waals surface area contributed by atoms with Crippen molar-refractivity contribution < 1.29 is 14.7 Å². The Hall–Kier alpha value is -2.36. The van der Waals surface area contributed by atoms with Crippen molar-refractivity contribution in [2.24, 2.45) is 0 Å². The first-order valence-corrected chi connectivity index (χ1v) is 5.60. The van der Waals surface area contributed by atoms with Crippen LogP contribution in [0.3, 0.4) is 0 Å². The molecule has 0 bridgehead atoms. The largest absolute Gasteiger partial charge is 0.507 e. The van der Waals surface area contributed by atoms with Gasteiger partial charge >= 0.3 is 0 Å². The Morgan fingerprint density at radius 2 is 1.78 bits per heavy atom. The summed E-state index contributed by atoms with van der Waals surface area (Å²) in [4.78, 5) is 25.2. The molecule has 0 aromatic heterocycles. The number of rotatable bonds is 0. The van der Waals surface area contributed by atoms with Crippen molar-refractivity contribution in [1.29, 1.82) is 0 Å². The Morgan fingerprint density at radius 1 is 1.11 bits per heavy atom. The van der Waals surface area contributed by atoms with Crippen molar-refractivity contribution >= 4 is 22.6 Å². The summed E-state index contributed by atoms with van der Waals surface area (Å²) in [5, 5.41) is 11.1. The number of hydrogen-bond donors (Lipinski definition) is 1. The lowest BCUT2D eigenvalue weighted by Gasteiger charge is -2.24. The molecule has 0 radical (unpaired) electrons. The van der Waals surface area contributed by atoms with E-state index in [1.54, 1.807) is 31.2 Å². The summed E-state index contributed by atoms with van der Waals surface area (Å²) in [7, 11) is 1.47. The summed E-state index contributed by atoms with van der Waals surface area (Å²) < 4.78 is 0. The Labute approximate surface area is 103 Å². The molecule has 0 fully saturated rings. The van der Waals surface area contributed by atoms with E-state index in [-0.39, 0.29) is 17.6 Å². The number of amides is 2. The number of aryl methyl sites for hydroxylation is 1. The third-order valence-electron chi connectivity index (χ3n) is 3.39. The van der Waals surface area contributed by atoms with Crippen molar-refractivity contribution in [2.75, 3.05) is 7.05 Å². The van der Waals surface area contributed by atoms with Gasteiger partial charge in [0.2, 0.25) is 0 Å². The summed E-state index contributed by atoms with van der Waals surface area (Å²) >= 11 is 0. The molecule has 2 aromatic carbocycles. The van der Waals surface area contributed by atoms with Crippen LogP contribution < -0.4 is 0 Å². The maximum atomic E-state index is 12.1. The summed E-state index contributed by atoms with van der Waals surface area (Å²) in [5.41, 5.74) is 1.56. The third-order valence-corrected chi connectivity index (χ3v) is 3.39. The first-order chi connectivity index (χ1) is 8.52.